The standard InChI is InChI=1S/C8H6ClF2NO2/c1-3-2-4(8(13)14)5(7(10)11)12-6(3)9/h2,7H,1H3,(H,13,14). The third-order valence-corrected chi connectivity index (χ3v) is 2.00. The molecule has 0 aliphatic carbocycles. The highest BCUT2D eigenvalue weighted by Crippen LogP contribution is 2.25. The van der Waals surface area contributed by atoms with E-state index in [1.807, 2.05) is 0 Å². The quantitative estimate of drug-likeness (QED) is 0.781. The Labute approximate surface area is 83.3 Å². The molecule has 0 bridgehead atoms. The van der Waals surface area contributed by atoms with Gasteiger partial charge in [0.05, 0.1) is 5.56 Å². The minimum absolute atomic E-state index is 0.106. The Morgan fingerprint density at radius 2 is 2.21 bits per heavy atom. The highest BCUT2D eigenvalue weighted by Gasteiger charge is 2.21. The molecule has 1 aromatic rings. The van der Waals surface area contributed by atoms with Crippen LogP contribution in [0.3, 0.4) is 0 Å². The molecule has 1 rings (SSSR count). The number of carboxylic acid groups (broad SMARTS) is 1. The van der Waals surface area contributed by atoms with Crippen LogP contribution in [0.2, 0.25) is 5.15 Å². The van der Waals surface area contributed by atoms with E-state index in [1.165, 1.54) is 6.92 Å². The summed E-state index contributed by atoms with van der Waals surface area (Å²) in [6, 6.07) is 1.08. The van der Waals surface area contributed by atoms with Crippen molar-refractivity contribution in [2.45, 2.75) is 13.3 Å². The first-order valence-corrected chi connectivity index (χ1v) is 3.99. The van der Waals surface area contributed by atoms with Gasteiger partial charge in [-0.2, -0.15) is 0 Å². The SMILES string of the molecule is Cc1cc(C(=O)O)c(C(F)F)nc1Cl. The minimum atomic E-state index is -2.95. The van der Waals surface area contributed by atoms with Crippen molar-refractivity contribution >= 4 is 17.6 Å². The molecule has 1 N–H and O–H groups in total. The van der Waals surface area contributed by atoms with Crippen molar-refractivity contribution in [3.8, 4) is 0 Å². The zero-order valence-corrected chi connectivity index (χ0v) is 7.85. The van der Waals surface area contributed by atoms with Crippen LogP contribution in [0.5, 0.6) is 0 Å². The summed E-state index contributed by atoms with van der Waals surface area (Å²) in [5.74, 6) is -1.44. The summed E-state index contributed by atoms with van der Waals surface area (Å²) >= 11 is 5.50. The number of pyridine rings is 1. The Morgan fingerprint density at radius 3 is 2.64 bits per heavy atom. The molecule has 76 valence electrons. The number of rotatable bonds is 2. The van der Waals surface area contributed by atoms with Gasteiger partial charge in [-0.3, -0.25) is 0 Å². The maximum absolute atomic E-state index is 12.3. The lowest BCUT2D eigenvalue weighted by molar-refractivity contribution is 0.0682. The van der Waals surface area contributed by atoms with Crippen LogP contribution in [0.4, 0.5) is 8.78 Å². The number of alkyl halides is 2. The Morgan fingerprint density at radius 1 is 1.64 bits per heavy atom. The van der Waals surface area contributed by atoms with Crippen molar-refractivity contribution in [3.63, 3.8) is 0 Å². The highest BCUT2D eigenvalue weighted by atomic mass is 35.5. The van der Waals surface area contributed by atoms with Crippen LogP contribution in [0.15, 0.2) is 6.07 Å². The summed E-state index contributed by atoms with van der Waals surface area (Å²) in [5.41, 5.74) is -0.955. The molecule has 1 heterocycles. The molecule has 0 fully saturated rings. The van der Waals surface area contributed by atoms with Gasteiger partial charge < -0.3 is 5.11 Å². The molecule has 14 heavy (non-hydrogen) atoms. The molecule has 3 nitrogen and oxygen atoms in total. The number of aromatic carboxylic acids is 1. The van der Waals surface area contributed by atoms with Crippen LogP contribution < -0.4 is 0 Å². The van der Waals surface area contributed by atoms with E-state index in [2.05, 4.69) is 4.98 Å². The van der Waals surface area contributed by atoms with Crippen LogP contribution in [-0.2, 0) is 0 Å². The zero-order chi connectivity index (χ0) is 10.9. The van der Waals surface area contributed by atoms with Gasteiger partial charge in [0.25, 0.3) is 6.43 Å². The topological polar surface area (TPSA) is 50.2 Å². The monoisotopic (exact) mass is 221 g/mol. The van der Waals surface area contributed by atoms with E-state index in [0.717, 1.165) is 6.07 Å². The first-order valence-electron chi connectivity index (χ1n) is 3.62. The molecule has 1 aromatic heterocycles. The molecule has 0 amide bonds. The third kappa shape index (κ3) is 1.98. The number of carboxylic acids is 1. The molecule has 0 aromatic carbocycles. The van der Waals surface area contributed by atoms with Crippen molar-refractivity contribution in [3.05, 3.63) is 28.0 Å². The molecule has 0 aliphatic heterocycles. The van der Waals surface area contributed by atoms with Gasteiger partial charge in [0.1, 0.15) is 10.8 Å². The lowest BCUT2D eigenvalue weighted by Crippen LogP contribution is -2.06. The molecule has 0 spiro atoms. The Bertz CT molecular complexity index is 382. The van der Waals surface area contributed by atoms with E-state index in [0.29, 0.717) is 5.56 Å². The Hall–Kier alpha value is -1.23. The fraction of sp³-hybridized carbons (Fsp3) is 0.250. The van der Waals surface area contributed by atoms with E-state index in [1.54, 1.807) is 0 Å². The maximum atomic E-state index is 12.3. The second kappa shape index (κ2) is 3.88. The van der Waals surface area contributed by atoms with Gasteiger partial charge in [0.2, 0.25) is 0 Å². The lowest BCUT2D eigenvalue weighted by atomic mass is 10.1. The third-order valence-electron chi connectivity index (χ3n) is 1.62. The van der Waals surface area contributed by atoms with Gasteiger partial charge in [0.15, 0.2) is 0 Å². The molecular formula is C8H6ClF2NO2. The van der Waals surface area contributed by atoms with Gasteiger partial charge in [-0.05, 0) is 18.6 Å². The van der Waals surface area contributed by atoms with Crippen LogP contribution in [0.25, 0.3) is 0 Å². The van der Waals surface area contributed by atoms with Gasteiger partial charge in [0, 0.05) is 0 Å². The van der Waals surface area contributed by atoms with Gasteiger partial charge in [-0.15, -0.1) is 0 Å². The van der Waals surface area contributed by atoms with E-state index in [9.17, 15) is 13.6 Å². The highest BCUT2D eigenvalue weighted by molar-refractivity contribution is 6.30. The Balaban J connectivity index is 3.39. The number of aryl methyl sites for hydroxylation is 1. The molecular weight excluding hydrogens is 216 g/mol. The molecule has 0 radical (unpaired) electrons. The fourth-order valence-electron chi connectivity index (χ4n) is 0.942. The lowest BCUT2D eigenvalue weighted by Gasteiger charge is -2.06. The molecule has 6 heteroatoms. The van der Waals surface area contributed by atoms with E-state index < -0.39 is 23.7 Å². The Kier molecular flexibility index (Phi) is 3.00. The summed E-state index contributed by atoms with van der Waals surface area (Å²) in [6.45, 7) is 1.50. The normalized spacial score (nSPS) is 10.6. The van der Waals surface area contributed by atoms with Crippen molar-refractivity contribution in [2.24, 2.45) is 0 Å². The molecule has 0 atom stereocenters. The smallest absolute Gasteiger partial charge is 0.337 e. The molecule has 0 saturated carbocycles. The first kappa shape index (κ1) is 10.8. The van der Waals surface area contributed by atoms with Crippen molar-refractivity contribution < 1.29 is 18.7 Å². The predicted octanol–water partition coefficient (Wildman–Crippen LogP) is 2.68. The number of halogens is 3. The second-order valence-electron chi connectivity index (χ2n) is 2.63. The first-order chi connectivity index (χ1) is 6.43. The molecule has 0 unspecified atom stereocenters. The number of nitrogens with zero attached hydrogens (tertiary/aromatic N) is 1. The minimum Gasteiger partial charge on any atom is -0.478 e. The summed E-state index contributed by atoms with van der Waals surface area (Å²) in [5, 5.41) is 8.51. The van der Waals surface area contributed by atoms with E-state index >= 15 is 0 Å². The van der Waals surface area contributed by atoms with Crippen LogP contribution in [-0.4, -0.2) is 16.1 Å². The van der Waals surface area contributed by atoms with Crippen molar-refractivity contribution in [1.29, 1.82) is 0 Å². The van der Waals surface area contributed by atoms with Gasteiger partial charge >= 0.3 is 5.97 Å². The van der Waals surface area contributed by atoms with E-state index in [4.69, 9.17) is 16.7 Å². The second-order valence-corrected chi connectivity index (χ2v) is 2.99. The van der Waals surface area contributed by atoms with Crippen LogP contribution >= 0.6 is 11.6 Å². The number of carbonyl (C=O) groups is 1. The molecule has 0 aliphatic rings. The maximum Gasteiger partial charge on any atom is 0.337 e. The summed E-state index contributed by atoms with van der Waals surface area (Å²) in [4.78, 5) is 13.9. The van der Waals surface area contributed by atoms with E-state index in [-0.39, 0.29) is 5.15 Å². The van der Waals surface area contributed by atoms with Crippen LogP contribution in [0, 0.1) is 6.92 Å². The fourth-order valence-corrected chi connectivity index (χ4v) is 1.09. The largest absolute Gasteiger partial charge is 0.478 e. The zero-order valence-electron chi connectivity index (χ0n) is 7.09. The van der Waals surface area contributed by atoms with Gasteiger partial charge in [-0.1, -0.05) is 11.6 Å². The summed E-state index contributed by atoms with van der Waals surface area (Å²) in [6.07, 6.45) is -2.95. The van der Waals surface area contributed by atoms with Crippen LogP contribution in [0.1, 0.15) is 28.0 Å². The average Bonchev–Trinajstić information content (AvgIpc) is 2.08. The number of hydrogen-bond acceptors (Lipinski definition) is 2. The summed E-state index contributed by atoms with van der Waals surface area (Å²) < 4.78 is 24.6. The van der Waals surface area contributed by atoms with Crippen molar-refractivity contribution in [1.82, 2.24) is 4.98 Å². The average molecular weight is 222 g/mol. The summed E-state index contributed by atoms with van der Waals surface area (Å²) in [7, 11) is 0. The number of aromatic nitrogens is 1. The molecule has 0 saturated heterocycles. The predicted molar refractivity (Wildman–Crippen MR) is 45.9 cm³/mol. The van der Waals surface area contributed by atoms with Crippen molar-refractivity contribution in [2.75, 3.05) is 0 Å². The number of hydrogen-bond donors (Lipinski definition) is 1. The van der Waals surface area contributed by atoms with Gasteiger partial charge in [-0.25, -0.2) is 18.6 Å².